The van der Waals surface area contributed by atoms with Gasteiger partial charge in [0.05, 0.1) is 5.75 Å². The van der Waals surface area contributed by atoms with E-state index in [4.69, 9.17) is 6.42 Å². The van der Waals surface area contributed by atoms with Crippen LogP contribution in [0.15, 0.2) is 18.2 Å². The molecule has 0 radical (unpaired) electrons. The van der Waals surface area contributed by atoms with Gasteiger partial charge in [-0.25, -0.2) is 21.9 Å². The molecule has 1 aromatic carbocycles. The molecule has 7 heteroatoms. The van der Waals surface area contributed by atoms with Gasteiger partial charge >= 0.3 is 0 Å². The van der Waals surface area contributed by atoms with Crippen molar-refractivity contribution in [3.8, 4) is 12.3 Å². The van der Waals surface area contributed by atoms with Crippen molar-refractivity contribution < 1.29 is 17.2 Å². The van der Waals surface area contributed by atoms with Crippen LogP contribution in [0.1, 0.15) is 31.2 Å². The summed E-state index contributed by atoms with van der Waals surface area (Å²) in [6.07, 6.45) is 7.42. The fourth-order valence-corrected chi connectivity index (χ4v) is 4.17. The molecular weight excluding hydrogens is 334 g/mol. The summed E-state index contributed by atoms with van der Waals surface area (Å²) in [5.74, 6) is 0.784. The van der Waals surface area contributed by atoms with Crippen LogP contribution in [0, 0.1) is 24.0 Å². The summed E-state index contributed by atoms with van der Waals surface area (Å²) in [5, 5.41) is 0. The van der Waals surface area contributed by atoms with Crippen LogP contribution in [0.5, 0.6) is 0 Å². The molecule has 132 valence electrons. The highest BCUT2D eigenvalue weighted by Gasteiger charge is 2.23. The smallest absolute Gasteiger partial charge is 0.211 e. The van der Waals surface area contributed by atoms with E-state index in [1.165, 1.54) is 6.07 Å². The zero-order valence-corrected chi connectivity index (χ0v) is 14.3. The molecule has 1 aromatic rings. The van der Waals surface area contributed by atoms with Gasteiger partial charge in [0.15, 0.2) is 11.6 Å². The summed E-state index contributed by atoms with van der Waals surface area (Å²) in [4.78, 5) is 2.11. The number of rotatable bonds is 7. The third kappa shape index (κ3) is 5.86. The number of terminal acetylenes is 1. The molecule has 0 atom stereocenters. The van der Waals surface area contributed by atoms with Crippen molar-refractivity contribution in [2.75, 3.05) is 18.8 Å². The van der Waals surface area contributed by atoms with Crippen LogP contribution >= 0.6 is 0 Å². The minimum atomic E-state index is -3.30. The molecule has 1 N–H and O–H groups in total. The van der Waals surface area contributed by atoms with Crippen molar-refractivity contribution in [2.45, 2.75) is 38.3 Å². The van der Waals surface area contributed by atoms with Crippen molar-refractivity contribution in [2.24, 2.45) is 0 Å². The molecule has 4 nitrogen and oxygen atoms in total. The quantitative estimate of drug-likeness (QED) is 0.602. The minimum absolute atomic E-state index is 0.0479. The summed E-state index contributed by atoms with van der Waals surface area (Å²) in [6, 6.07) is 3.82. The van der Waals surface area contributed by atoms with Gasteiger partial charge < -0.3 is 0 Å². The van der Waals surface area contributed by atoms with Crippen LogP contribution in [0.2, 0.25) is 0 Å². The maximum absolute atomic E-state index is 13.2. The minimum Gasteiger partial charge on any atom is -0.299 e. The molecule has 1 fully saturated rings. The average molecular weight is 356 g/mol. The molecule has 1 saturated heterocycles. The molecule has 0 bridgehead atoms. The Kier molecular flexibility index (Phi) is 6.72. The van der Waals surface area contributed by atoms with Crippen molar-refractivity contribution in [1.29, 1.82) is 0 Å². The highest BCUT2D eigenvalue weighted by molar-refractivity contribution is 7.89. The number of nitrogens with one attached hydrogen (secondary N) is 1. The van der Waals surface area contributed by atoms with E-state index in [0.29, 0.717) is 50.9 Å². The number of nitrogens with zero attached hydrogens (tertiary/aromatic N) is 1. The monoisotopic (exact) mass is 356 g/mol. The SMILES string of the molecule is C#CCCCS(=O)(=O)NC1CCN(Cc2ccc(F)c(F)c2)CC1. The average Bonchev–Trinajstić information content (AvgIpc) is 2.53. The Morgan fingerprint density at radius 2 is 1.96 bits per heavy atom. The lowest BCUT2D eigenvalue weighted by molar-refractivity contribution is 0.199. The first-order valence-corrected chi connectivity index (χ1v) is 9.64. The van der Waals surface area contributed by atoms with Gasteiger partial charge in [0.1, 0.15) is 0 Å². The number of benzene rings is 1. The highest BCUT2D eigenvalue weighted by Crippen LogP contribution is 2.16. The lowest BCUT2D eigenvalue weighted by Gasteiger charge is -2.32. The number of piperidine rings is 1. The molecule has 24 heavy (non-hydrogen) atoms. The predicted molar refractivity (Wildman–Crippen MR) is 89.6 cm³/mol. The normalized spacial score (nSPS) is 16.9. The number of halogens is 2. The number of hydrogen-bond acceptors (Lipinski definition) is 3. The second kappa shape index (κ2) is 8.56. The Morgan fingerprint density at radius 1 is 1.25 bits per heavy atom. The fourth-order valence-electron chi connectivity index (χ4n) is 2.78. The highest BCUT2D eigenvalue weighted by atomic mass is 32.2. The summed E-state index contributed by atoms with van der Waals surface area (Å²) in [7, 11) is -3.30. The van der Waals surface area contributed by atoms with Gasteiger partial charge in [0.25, 0.3) is 0 Å². The lowest BCUT2D eigenvalue weighted by Crippen LogP contribution is -2.44. The first kappa shape index (κ1) is 18.8. The molecule has 0 aliphatic carbocycles. The molecule has 1 heterocycles. The summed E-state index contributed by atoms with van der Waals surface area (Å²) in [5.41, 5.74) is 0.710. The zero-order chi connectivity index (χ0) is 17.6. The fraction of sp³-hybridized carbons (Fsp3) is 0.529. The third-order valence-corrected chi connectivity index (χ3v) is 5.58. The van der Waals surface area contributed by atoms with Gasteiger partial charge in [0.2, 0.25) is 10.0 Å². The molecule has 0 amide bonds. The molecule has 0 aromatic heterocycles. The van der Waals surface area contributed by atoms with Crippen LogP contribution in [-0.2, 0) is 16.6 Å². The second-order valence-corrected chi connectivity index (χ2v) is 7.92. The number of likely N-dealkylation sites (tertiary alicyclic amines) is 1. The second-order valence-electron chi connectivity index (χ2n) is 6.04. The van der Waals surface area contributed by atoms with Gasteiger partial charge in [-0.3, -0.25) is 4.90 Å². The van der Waals surface area contributed by atoms with E-state index >= 15 is 0 Å². The van der Waals surface area contributed by atoms with Crippen molar-refractivity contribution in [3.63, 3.8) is 0 Å². The lowest BCUT2D eigenvalue weighted by atomic mass is 10.1. The molecule has 1 aliphatic heterocycles. The van der Waals surface area contributed by atoms with Gasteiger partial charge in [0, 0.05) is 32.1 Å². The summed E-state index contributed by atoms with van der Waals surface area (Å²) >= 11 is 0. The Bertz CT molecular complexity index is 693. The summed E-state index contributed by atoms with van der Waals surface area (Å²) in [6.45, 7) is 1.94. The Hall–Kier alpha value is -1.49. The Labute approximate surface area is 142 Å². The van der Waals surface area contributed by atoms with Crippen molar-refractivity contribution in [3.05, 3.63) is 35.4 Å². The number of sulfonamides is 1. The molecular formula is C17H22F2N2O2S. The van der Waals surface area contributed by atoms with Gasteiger partial charge in [-0.05, 0) is 37.0 Å². The third-order valence-electron chi connectivity index (χ3n) is 4.06. The van der Waals surface area contributed by atoms with E-state index in [0.717, 1.165) is 6.07 Å². The Balaban J connectivity index is 1.79. The van der Waals surface area contributed by atoms with Crippen molar-refractivity contribution >= 4 is 10.0 Å². The van der Waals surface area contributed by atoms with Gasteiger partial charge in [-0.15, -0.1) is 12.3 Å². The molecule has 0 spiro atoms. The molecule has 0 saturated carbocycles. The number of unbranched alkanes of at least 4 members (excludes halogenated alkanes) is 1. The molecule has 2 rings (SSSR count). The van der Waals surface area contributed by atoms with Crippen LogP contribution in [0.3, 0.4) is 0 Å². The van der Waals surface area contributed by atoms with Crippen LogP contribution in [0.4, 0.5) is 8.78 Å². The van der Waals surface area contributed by atoms with Gasteiger partial charge in [-0.1, -0.05) is 6.07 Å². The topological polar surface area (TPSA) is 49.4 Å². The maximum Gasteiger partial charge on any atom is 0.211 e. The standard InChI is InChI=1S/C17H22F2N2O2S/c1-2-3-4-11-24(22,23)20-15-7-9-21(10-8-15)13-14-5-6-16(18)17(19)12-14/h1,5-6,12,15,20H,3-4,7-11,13H2. The van der Waals surface area contributed by atoms with E-state index in [1.54, 1.807) is 6.07 Å². The number of hydrogen-bond donors (Lipinski definition) is 1. The molecule has 0 unspecified atom stereocenters. The van der Waals surface area contributed by atoms with Crippen LogP contribution < -0.4 is 4.72 Å². The summed E-state index contributed by atoms with van der Waals surface area (Å²) < 4.78 is 52.8. The van der Waals surface area contributed by atoms with Crippen molar-refractivity contribution in [1.82, 2.24) is 9.62 Å². The largest absolute Gasteiger partial charge is 0.299 e. The van der Waals surface area contributed by atoms with E-state index in [9.17, 15) is 17.2 Å². The van der Waals surface area contributed by atoms with Crippen LogP contribution in [0.25, 0.3) is 0 Å². The van der Waals surface area contributed by atoms with E-state index in [1.807, 2.05) is 0 Å². The zero-order valence-electron chi connectivity index (χ0n) is 13.5. The van der Waals surface area contributed by atoms with Crippen LogP contribution in [-0.4, -0.2) is 38.2 Å². The Morgan fingerprint density at radius 3 is 2.58 bits per heavy atom. The maximum atomic E-state index is 13.2. The van der Waals surface area contributed by atoms with Gasteiger partial charge in [-0.2, -0.15) is 0 Å². The molecule has 1 aliphatic rings. The van der Waals surface area contributed by atoms with E-state index < -0.39 is 21.7 Å². The first-order valence-electron chi connectivity index (χ1n) is 7.99. The van der Waals surface area contributed by atoms with E-state index in [2.05, 4.69) is 15.5 Å². The predicted octanol–water partition coefficient (Wildman–Crippen LogP) is 2.26. The first-order chi connectivity index (χ1) is 11.4. The van der Waals surface area contributed by atoms with E-state index in [-0.39, 0.29) is 11.8 Å².